The fourth-order valence-electron chi connectivity index (χ4n) is 2.21. The molecular weight excluding hydrogens is 375 g/mol. The summed E-state index contributed by atoms with van der Waals surface area (Å²) < 4.78 is 16.0. The smallest absolute Gasteiger partial charge is 0.313 e. The van der Waals surface area contributed by atoms with E-state index in [0.29, 0.717) is 11.1 Å². The second-order valence-electron chi connectivity index (χ2n) is 5.00. The van der Waals surface area contributed by atoms with E-state index in [2.05, 4.69) is 0 Å². The Balaban J connectivity index is 2.36. The van der Waals surface area contributed by atoms with Crippen molar-refractivity contribution in [3.8, 4) is 0 Å². The van der Waals surface area contributed by atoms with Crippen molar-refractivity contribution in [2.24, 2.45) is 0 Å². The van der Waals surface area contributed by atoms with Gasteiger partial charge >= 0.3 is 6.95 Å². The fraction of sp³-hybridized carbons (Fsp3) is 0.143. The number of nitro groups is 2. The number of hydrogen-bond donors (Lipinski definition) is 1. The Labute approximate surface area is 146 Å². The van der Waals surface area contributed by atoms with Crippen LogP contribution < -0.4 is 0 Å². The molecule has 2 rings (SSSR count). The van der Waals surface area contributed by atoms with Gasteiger partial charge in [0.15, 0.2) is 0 Å². The average molecular weight is 387 g/mol. The molecule has 0 aliphatic heterocycles. The fourth-order valence-corrected chi connectivity index (χ4v) is 2.71. The Morgan fingerprint density at radius 1 is 0.960 bits per heavy atom. The van der Waals surface area contributed by atoms with Crippen LogP contribution >= 0.6 is 18.2 Å². The lowest BCUT2D eigenvalue weighted by atomic mass is 9.92. The minimum Gasteiger partial charge on any atom is -0.313 e. The van der Waals surface area contributed by atoms with Gasteiger partial charge in [0.1, 0.15) is 0 Å². The molecule has 132 valence electrons. The Hall–Kier alpha value is -2.32. The van der Waals surface area contributed by atoms with E-state index in [0.717, 1.165) is 0 Å². The number of benzene rings is 2. The van der Waals surface area contributed by atoms with E-state index < -0.39 is 22.7 Å². The van der Waals surface area contributed by atoms with Gasteiger partial charge in [-0.2, -0.15) is 0 Å². The van der Waals surface area contributed by atoms with E-state index in [9.17, 15) is 24.8 Å². The molecule has 1 atom stereocenters. The third-order valence-electron chi connectivity index (χ3n) is 3.41. The van der Waals surface area contributed by atoms with Crippen molar-refractivity contribution in [1.29, 1.82) is 0 Å². The van der Waals surface area contributed by atoms with E-state index in [1.165, 1.54) is 48.5 Å². The second kappa shape index (κ2) is 7.71. The second-order valence-corrected chi connectivity index (χ2v) is 7.44. The average Bonchev–Trinajstić information content (AvgIpc) is 2.55. The SMILES string of the molecule is O=[N+]([O-])c1ccc(C(COP(=O)(O)Cl)c2ccc([N+](=O)[O-])cc2)cc1. The number of non-ortho nitro benzene ring substituents is 2. The minimum atomic E-state index is -4.26. The van der Waals surface area contributed by atoms with Crippen molar-refractivity contribution < 1.29 is 23.8 Å². The molecule has 0 heterocycles. The van der Waals surface area contributed by atoms with Gasteiger partial charge in [-0.05, 0) is 11.1 Å². The summed E-state index contributed by atoms with van der Waals surface area (Å²) in [7, 11) is 0. The minimum absolute atomic E-state index is 0.114. The van der Waals surface area contributed by atoms with Crippen molar-refractivity contribution >= 4 is 29.6 Å². The van der Waals surface area contributed by atoms with E-state index in [1.807, 2.05) is 0 Å². The van der Waals surface area contributed by atoms with Gasteiger partial charge in [-0.15, -0.1) is 0 Å². The highest BCUT2D eigenvalue weighted by Crippen LogP contribution is 2.48. The molecule has 2 aromatic carbocycles. The molecule has 0 aromatic heterocycles. The molecule has 25 heavy (non-hydrogen) atoms. The maximum atomic E-state index is 11.2. The largest absolute Gasteiger partial charge is 0.421 e. The molecule has 0 fully saturated rings. The van der Waals surface area contributed by atoms with E-state index in [-0.39, 0.29) is 18.0 Å². The number of nitrogens with zero attached hydrogens (tertiary/aromatic N) is 2. The van der Waals surface area contributed by atoms with Crippen molar-refractivity contribution in [3.05, 3.63) is 79.9 Å². The van der Waals surface area contributed by atoms with Crippen LogP contribution in [0.15, 0.2) is 48.5 Å². The number of rotatable bonds is 7. The van der Waals surface area contributed by atoms with Crippen LogP contribution in [-0.2, 0) is 9.09 Å². The first-order valence-corrected chi connectivity index (χ1v) is 9.31. The zero-order chi connectivity index (χ0) is 18.6. The normalized spacial score (nSPS) is 13.4. The summed E-state index contributed by atoms with van der Waals surface area (Å²) in [4.78, 5) is 29.5. The van der Waals surface area contributed by atoms with Gasteiger partial charge in [-0.25, -0.2) is 4.57 Å². The summed E-state index contributed by atoms with van der Waals surface area (Å²) in [6, 6.07) is 11.0. The highest BCUT2D eigenvalue weighted by atomic mass is 35.7. The van der Waals surface area contributed by atoms with Crippen molar-refractivity contribution in [3.63, 3.8) is 0 Å². The van der Waals surface area contributed by atoms with Crippen molar-refractivity contribution in [2.75, 3.05) is 6.61 Å². The van der Waals surface area contributed by atoms with Crippen molar-refractivity contribution in [1.82, 2.24) is 0 Å². The van der Waals surface area contributed by atoms with Crippen LogP contribution in [0, 0.1) is 20.2 Å². The predicted octanol–water partition coefficient (Wildman–Crippen LogP) is 3.99. The molecule has 0 radical (unpaired) electrons. The lowest BCUT2D eigenvalue weighted by Crippen LogP contribution is -2.08. The molecular formula is C14H12ClN2O7P. The molecule has 11 heteroatoms. The molecule has 0 aliphatic carbocycles. The lowest BCUT2D eigenvalue weighted by Gasteiger charge is -2.18. The molecule has 0 aliphatic rings. The van der Waals surface area contributed by atoms with Crippen LogP contribution in [0.4, 0.5) is 11.4 Å². The summed E-state index contributed by atoms with van der Waals surface area (Å²) in [5.74, 6) is -0.596. The molecule has 1 N–H and O–H groups in total. The van der Waals surface area contributed by atoms with Crippen LogP contribution in [0.5, 0.6) is 0 Å². The Kier molecular flexibility index (Phi) is 5.86. The Morgan fingerprint density at radius 2 is 1.32 bits per heavy atom. The van der Waals surface area contributed by atoms with Gasteiger partial charge in [0.05, 0.1) is 16.5 Å². The standard InChI is InChI=1S/C14H12ClN2O7P/c15-25(22,23)24-9-14(10-1-5-12(6-2-10)16(18)19)11-3-7-13(8-4-11)17(20)21/h1-8,14H,9H2,(H,22,23). The number of hydrogen-bond acceptors (Lipinski definition) is 6. The van der Waals surface area contributed by atoms with Gasteiger partial charge in [-0.3, -0.25) is 24.8 Å². The molecule has 0 amide bonds. The maximum Gasteiger partial charge on any atom is 0.421 e. The molecule has 0 bridgehead atoms. The Bertz CT molecular complexity index is 763. The monoisotopic (exact) mass is 386 g/mol. The van der Waals surface area contributed by atoms with Gasteiger partial charge in [0, 0.05) is 41.4 Å². The topological polar surface area (TPSA) is 133 Å². The van der Waals surface area contributed by atoms with E-state index in [4.69, 9.17) is 20.7 Å². The number of halogens is 1. The highest BCUT2D eigenvalue weighted by molar-refractivity contribution is 7.80. The van der Waals surface area contributed by atoms with Gasteiger partial charge in [-0.1, -0.05) is 24.3 Å². The summed E-state index contributed by atoms with van der Waals surface area (Å²) >= 11 is 5.20. The summed E-state index contributed by atoms with van der Waals surface area (Å²) in [5.41, 5.74) is 0.892. The lowest BCUT2D eigenvalue weighted by molar-refractivity contribution is -0.385. The van der Waals surface area contributed by atoms with Crippen LogP contribution in [0.2, 0.25) is 0 Å². The molecule has 0 spiro atoms. The molecule has 0 saturated heterocycles. The molecule has 9 nitrogen and oxygen atoms in total. The van der Waals surface area contributed by atoms with E-state index >= 15 is 0 Å². The quantitative estimate of drug-likeness (QED) is 0.432. The molecule has 0 saturated carbocycles. The first-order chi connectivity index (χ1) is 11.7. The van der Waals surface area contributed by atoms with Crippen LogP contribution in [-0.4, -0.2) is 21.3 Å². The van der Waals surface area contributed by atoms with Gasteiger partial charge < -0.3 is 4.89 Å². The van der Waals surface area contributed by atoms with Crippen LogP contribution in [0.25, 0.3) is 0 Å². The van der Waals surface area contributed by atoms with Gasteiger partial charge in [0.25, 0.3) is 11.4 Å². The van der Waals surface area contributed by atoms with Crippen molar-refractivity contribution in [2.45, 2.75) is 5.92 Å². The number of nitro benzene ring substituents is 2. The summed E-state index contributed by atoms with van der Waals surface area (Å²) in [6.45, 7) is -4.54. The third-order valence-corrected chi connectivity index (χ3v) is 4.17. The third kappa shape index (κ3) is 5.33. The zero-order valence-corrected chi connectivity index (χ0v) is 14.2. The zero-order valence-electron chi connectivity index (χ0n) is 12.5. The molecule has 1 unspecified atom stereocenters. The highest BCUT2D eigenvalue weighted by Gasteiger charge is 2.22. The first kappa shape index (κ1) is 19.0. The Morgan fingerprint density at radius 3 is 1.60 bits per heavy atom. The van der Waals surface area contributed by atoms with E-state index in [1.54, 1.807) is 0 Å². The summed E-state index contributed by atoms with van der Waals surface area (Å²) in [6.07, 6.45) is 0. The van der Waals surface area contributed by atoms with Crippen LogP contribution in [0.3, 0.4) is 0 Å². The first-order valence-electron chi connectivity index (χ1n) is 6.83. The summed E-state index contributed by atoms with van der Waals surface area (Å²) in [5, 5.41) is 21.5. The van der Waals surface area contributed by atoms with Crippen LogP contribution in [0.1, 0.15) is 17.0 Å². The van der Waals surface area contributed by atoms with Gasteiger partial charge in [0.2, 0.25) is 0 Å². The predicted molar refractivity (Wildman–Crippen MR) is 89.7 cm³/mol. The maximum absolute atomic E-state index is 11.2. The molecule has 2 aromatic rings.